The molecule has 16 heavy (non-hydrogen) atoms. The maximum Gasteiger partial charge on any atom is 0.169 e. The number of ether oxygens (including phenoxy) is 1. The minimum absolute atomic E-state index is 0.432. The van der Waals surface area contributed by atoms with E-state index in [1.807, 2.05) is 0 Å². The van der Waals surface area contributed by atoms with Crippen LogP contribution in [0.4, 0.5) is 0 Å². The van der Waals surface area contributed by atoms with Crippen molar-refractivity contribution < 1.29 is 4.74 Å². The van der Waals surface area contributed by atoms with Crippen molar-refractivity contribution in [2.24, 2.45) is 0 Å². The van der Waals surface area contributed by atoms with E-state index in [0.717, 1.165) is 18.2 Å². The summed E-state index contributed by atoms with van der Waals surface area (Å²) in [6.45, 7) is 1.99. The van der Waals surface area contributed by atoms with E-state index in [-0.39, 0.29) is 0 Å². The molecule has 0 spiro atoms. The summed E-state index contributed by atoms with van der Waals surface area (Å²) in [6.07, 6.45) is 8.59. The minimum Gasteiger partial charge on any atom is -0.371 e. The zero-order chi connectivity index (χ0) is 11.0. The van der Waals surface area contributed by atoms with Crippen LogP contribution in [0.3, 0.4) is 0 Å². The highest BCUT2D eigenvalue weighted by molar-refractivity contribution is 7.80. The Morgan fingerprint density at radius 2 is 1.69 bits per heavy atom. The summed E-state index contributed by atoms with van der Waals surface area (Å²) in [5, 5.41) is 4.48. The van der Waals surface area contributed by atoms with Crippen molar-refractivity contribution in [2.45, 2.75) is 56.8 Å². The summed E-state index contributed by atoms with van der Waals surface area (Å²) in [4.78, 5) is 2.32. The molecule has 4 heteroatoms. The van der Waals surface area contributed by atoms with E-state index in [1.54, 1.807) is 0 Å². The molecule has 2 saturated heterocycles. The standard InChI is InChI=1S/C12H20N2OS/c16-12(13-9-3-1-2-4-9)14-7-10-5-6-11(8-14)15-10/h9-11H,1-8H2,(H,13,16). The van der Waals surface area contributed by atoms with Gasteiger partial charge in [-0.15, -0.1) is 0 Å². The van der Waals surface area contributed by atoms with Crippen LogP contribution in [0.25, 0.3) is 0 Å². The van der Waals surface area contributed by atoms with Gasteiger partial charge < -0.3 is 15.0 Å². The van der Waals surface area contributed by atoms with Gasteiger partial charge in [-0.3, -0.25) is 0 Å². The molecule has 0 aromatic rings. The molecule has 3 rings (SSSR count). The zero-order valence-corrected chi connectivity index (χ0v) is 10.5. The molecule has 2 heterocycles. The van der Waals surface area contributed by atoms with Crippen LogP contribution < -0.4 is 5.32 Å². The summed E-state index contributed by atoms with van der Waals surface area (Å²) >= 11 is 5.50. The molecular weight excluding hydrogens is 220 g/mol. The van der Waals surface area contributed by atoms with E-state index >= 15 is 0 Å². The maximum atomic E-state index is 5.82. The molecular formula is C12H20N2OS. The second-order valence-corrected chi connectivity index (χ2v) is 5.68. The van der Waals surface area contributed by atoms with E-state index in [4.69, 9.17) is 17.0 Å². The van der Waals surface area contributed by atoms with Crippen LogP contribution >= 0.6 is 12.2 Å². The first-order valence-electron chi connectivity index (χ1n) is 6.52. The quantitative estimate of drug-likeness (QED) is 0.705. The number of nitrogens with zero attached hydrogens (tertiary/aromatic N) is 1. The van der Waals surface area contributed by atoms with Crippen LogP contribution in [-0.2, 0) is 4.74 Å². The molecule has 0 amide bonds. The van der Waals surface area contributed by atoms with E-state index in [1.165, 1.54) is 38.5 Å². The maximum absolute atomic E-state index is 5.82. The van der Waals surface area contributed by atoms with Crippen molar-refractivity contribution in [3.05, 3.63) is 0 Å². The summed E-state index contributed by atoms with van der Waals surface area (Å²) in [6, 6.07) is 0.632. The van der Waals surface area contributed by atoms with Gasteiger partial charge in [0.15, 0.2) is 5.11 Å². The highest BCUT2D eigenvalue weighted by Crippen LogP contribution is 2.26. The van der Waals surface area contributed by atoms with Gasteiger partial charge in [0.25, 0.3) is 0 Å². The number of nitrogens with one attached hydrogen (secondary N) is 1. The molecule has 3 nitrogen and oxygen atoms in total. The lowest BCUT2D eigenvalue weighted by Gasteiger charge is -2.35. The monoisotopic (exact) mass is 240 g/mol. The van der Waals surface area contributed by atoms with Crippen LogP contribution in [0.5, 0.6) is 0 Å². The lowest BCUT2D eigenvalue weighted by atomic mass is 10.2. The smallest absolute Gasteiger partial charge is 0.169 e. The molecule has 2 unspecified atom stereocenters. The molecule has 3 fully saturated rings. The topological polar surface area (TPSA) is 24.5 Å². The van der Waals surface area contributed by atoms with Gasteiger partial charge in [0.1, 0.15) is 0 Å². The van der Waals surface area contributed by atoms with Crippen molar-refractivity contribution in [1.82, 2.24) is 10.2 Å². The fourth-order valence-corrected chi connectivity index (χ4v) is 3.43. The Labute approximate surface area is 103 Å². The zero-order valence-electron chi connectivity index (χ0n) is 9.65. The van der Waals surface area contributed by atoms with Crippen molar-refractivity contribution in [3.8, 4) is 0 Å². The van der Waals surface area contributed by atoms with Crippen LogP contribution in [-0.4, -0.2) is 41.4 Å². The normalized spacial score (nSPS) is 34.4. The second kappa shape index (κ2) is 4.49. The second-order valence-electron chi connectivity index (χ2n) is 5.29. The Hall–Kier alpha value is -0.350. The van der Waals surface area contributed by atoms with Crippen molar-refractivity contribution in [3.63, 3.8) is 0 Å². The molecule has 3 aliphatic rings. The molecule has 1 saturated carbocycles. The highest BCUT2D eigenvalue weighted by atomic mass is 32.1. The average Bonchev–Trinajstić information content (AvgIpc) is 2.89. The lowest BCUT2D eigenvalue weighted by Crippen LogP contribution is -2.51. The summed E-state index contributed by atoms with van der Waals surface area (Å²) in [7, 11) is 0. The van der Waals surface area contributed by atoms with Crippen LogP contribution in [0.1, 0.15) is 38.5 Å². The minimum atomic E-state index is 0.432. The van der Waals surface area contributed by atoms with Gasteiger partial charge in [-0.2, -0.15) is 0 Å². The predicted molar refractivity (Wildman–Crippen MR) is 67.5 cm³/mol. The van der Waals surface area contributed by atoms with Gasteiger partial charge in [0.2, 0.25) is 0 Å². The average molecular weight is 240 g/mol. The van der Waals surface area contributed by atoms with Crippen molar-refractivity contribution >= 4 is 17.3 Å². The third kappa shape index (κ3) is 2.18. The van der Waals surface area contributed by atoms with Gasteiger partial charge >= 0.3 is 0 Å². The van der Waals surface area contributed by atoms with Gasteiger partial charge in [0.05, 0.1) is 12.2 Å². The van der Waals surface area contributed by atoms with E-state index < -0.39 is 0 Å². The number of fused-ring (bicyclic) bond motifs is 2. The fraction of sp³-hybridized carbons (Fsp3) is 0.917. The van der Waals surface area contributed by atoms with Gasteiger partial charge in [0, 0.05) is 19.1 Å². The summed E-state index contributed by atoms with van der Waals surface area (Å²) in [5.41, 5.74) is 0. The Morgan fingerprint density at radius 3 is 2.31 bits per heavy atom. The molecule has 2 bridgehead atoms. The first-order valence-corrected chi connectivity index (χ1v) is 6.93. The van der Waals surface area contributed by atoms with Crippen molar-refractivity contribution in [2.75, 3.05) is 13.1 Å². The molecule has 0 radical (unpaired) electrons. The van der Waals surface area contributed by atoms with Gasteiger partial charge in [-0.1, -0.05) is 12.8 Å². The van der Waals surface area contributed by atoms with Gasteiger partial charge in [-0.25, -0.2) is 0 Å². The molecule has 1 N–H and O–H groups in total. The molecule has 2 aliphatic heterocycles. The number of likely N-dealkylation sites (tertiary alicyclic amines) is 1. The Bertz CT molecular complexity index is 266. The number of hydrogen-bond donors (Lipinski definition) is 1. The molecule has 90 valence electrons. The van der Waals surface area contributed by atoms with E-state index in [2.05, 4.69) is 10.2 Å². The largest absolute Gasteiger partial charge is 0.371 e. The highest BCUT2D eigenvalue weighted by Gasteiger charge is 2.35. The number of rotatable bonds is 1. The molecule has 2 atom stereocenters. The third-order valence-electron chi connectivity index (χ3n) is 4.01. The molecule has 0 aromatic carbocycles. The molecule has 0 aromatic heterocycles. The Kier molecular flexibility index (Phi) is 3.03. The molecule has 1 aliphatic carbocycles. The van der Waals surface area contributed by atoms with Crippen LogP contribution in [0.15, 0.2) is 0 Å². The summed E-state index contributed by atoms with van der Waals surface area (Å²) < 4.78 is 5.82. The Morgan fingerprint density at radius 1 is 1.06 bits per heavy atom. The van der Waals surface area contributed by atoms with Gasteiger partial charge in [-0.05, 0) is 37.9 Å². The number of hydrogen-bond acceptors (Lipinski definition) is 2. The van der Waals surface area contributed by atoms with Crippen LogP contribution in [0, 0.1) is 0 Å². The summed E-state index contributed by atoms with van der Waals surface area (Å²) in [5.74, 6) is 0. The van der Waals surface area contributed by atoms with Crippen molar-refractivity contribution in [1.29, 1.82) is 0 Å². The first-order chi connectivity index (χ1) is 7.81. The SMILES string of the molecule is S=C(NC1CCCC1)N1CC2CCC(C1)O2. The van der Waals surface area contributed by atoms with Crippen LogP contribution in [0.2, 0.25) is 0 Å². The fourth-order valence-electron chi connectivity index (χ4n) is 3.12. The van der Waals surface area contributed by atoms with E-state index in [9.17, 15) is 0 Å². The Balaban J connectivity index is 1.54. The number of thiocarbonyl (C=S) groups is 1. The first kappa shape index (κ1) is 10.8. The predicted octanol–water partition coefficient (Wildman–Crippen LogP) is 1.67. The lowest BCUT2D eigenvalue weighted by molar-refractivity contribution is -0.0160. The van der Waals surface area contributed by atoms with E-state index in [0.29, 0.717) is 18.2 Å². The third-order valence-corrected chi connectivity index (χ3v) is 4.39. The number of morpholine rings is 1.